The summed E-state index contributed by atoms with van der Waals surface area (Å²) in [5.41, 5.74) is 0.529. The van der Waals surface area contributed by atoms with Crippen LogP contribution in [0, 0.1) is 23.0 Å². The van der Waals surface area contributed by atoms with Gasteiger partial charge in [0.15, 0.2) is 0 Å². The maximum absolute atomic E-state index is 11.6. The molecule has 0 N–H and O–H groups in total. The Bertz CT molecular complexity index is 619. The maximum Gasteiger partial charge on any atom is 0.338 e. The third-order valence-electron chi connectivity index (χ3n) is 3.81. The molecule has 0 radical (unpaired) electrons. The first-order chi connectivity index (χ1) is 9.85. The highest BCUT2D eigenvalue weighted by Crippen LogP contribution is 2.24. The summed E-state index contributed by atoms with van der Waals surface area (Å²) in [5, 5.41) is 14.8. The highest BCUT2D eigenvalue weighted by molar-refractivity contribution is 7.84. The molecule has 2 heterocycles. The molecule has 0 amide bonds. The third-order valence-corrected chi connectivity index (χ3v) is 5.22. The van der Waals surface area contributed by atoms with Gasteiger partial charge in [0.1, 0.15) is 11.9 Å². The molecule has 10 heteroatoms. The Morgan fingerprint density at radius 3 is 2.57 bits per heavy atom. The van der Waals surface area contributed by atoms with E-state index in [2.05, 4.69) is 9.28 Å². The molecule has 1 aliphatic rings. The third kappa shape index (κ3) is 3.39. The number of hydrogen-bond acceptors (Lipinski definition) is 6. The molecule has 1 aromatic rings. The normalized spacial score (nSPS) is 18.0. The molecule has 0 atom stereocenters. The van der Waals surface area contributed by atoms with Crippen LogP contribution in [0.15, 0.2) is 6.20 Å². The summed E-state index contributed by atoms with van der Waals surface area (Å²) in [6, 6.07) is 0. The van der Waals surface area contributed by atoms with Gasteiger partial charge in [0.25, 0.3) is 0 Å². The smallest absolute Gasteiger partial charge is 0.262 e. The highest BCUT2D eigenvalue weighted by atomic mass is 32.2. The van der Waals surface area contributed by atoms with Gasteiger partial charge in [-0.3, -0.25) is 19.0 Å². The summed E-state index contributed by atoms with van der Waals surface area (Å²) in [6.07, 6.45) is 2.60. The Morgan fingerprint density at radius 1 is 1.48 bits per heavy atom. The first-order valence-electron chi connectivity index (χ1n) is 6.57. The van der Waals surface area contributed by atoms with Gasteiger partial charge in [0.05, 0.1) is 12.0 Å². The van der Waals surface area contributed by atoms with E-state index in [9.17, 15) is 18.5 Å². The van der Waals surface area contributed by atoms with Crippen molar-refractivity contribution >= 4 is 16.0 Å². The van der Waals surface area contributed by atoms with Gasteiger partial charge >= 0.3 is 16.0 Å². The van der Waals surface area contributed by atoms with Crippen molar-refractivity contribution in [2.24, 2.45) is 5.92 Å². The zero-order valence-corrected chi connectivity index (χ0v) is 12.7. The van der Waals surface area contributed by atoms with Gasteiger partial charge in [0.2, 0.25) is 0 Å². The van der Waals surface area contributed by atoms with Gasteiger partial charge in [-0.15, -0.1) is 0 Å². The number of nitro groups is 1. The lowest BCUT2D eigenvalue weighted by Gasteiger charge is -2.30. The van der Waals surface area contributed by atoms with Crippen LogP contribution in [-0.4, -0.2) is 47.6 Å². The van der Waals surface area contributed by atoms with Crippen molar-refractivity contribution in [1.29, 1.82) is 0 Å². The minimum atomic E-state index is -3.61. The lowest BCUT2D eigenvalue weighted by Crippen LogP contribution is -2.39. The molecule has 9 nitrogen and oxygen atoms in total. The molecule has 0 aliphatic carbocycles. The van der Waals surface area contributed by atoms with Crippen LogP contribution in [0.5, 0.6) is 0 Å². The zero-order valence-electron chi connectivity index (χ0n) is 11.9. The van der Waals surface area contributed by atoms with Crippen molar-refractivity contribution in [3.8, 4) is 0 Å². The lowest BCUT2D eigenvalue weighted by atomic mass is 9.98. The standard InChI is InChI=1S/C11H18N4O5S/c1-9-11(15(16)17)7-12-14(9)8-10-3-5-13(6-4-10)21(18,19)20-2/h7,10H,3-6,8H2,1-2H3. The van der Waals surface area contributed by atoms with Crippen molar-refractivity contribution in [1.82, 2.24) is 14.1 Å². The molecule has 2 rings (SSSR count). The Balaban J connectivity index is 1.97. The van der Waals surface area contributed by atoms with Crippen LogP contribution >= 0.6 is 0 Å². The van der Waals surface area contributed by atoms with E-state index in [0.29, 0.717) is 38.2 Å². The molecule has 0 spiro atoms. The summed E-state index contributed by atoms with van der Waals surface area (Å²) >= 11 is 0. The number of rotatable bonds is 5. The summed E-state index contributed by atoms with van der Waals surface area (Å²) in [5.74, 6) is 0.242. The summed E-state index contributed by atoms with van der Waals surface area (Å²) in [7, 11) is -2.46. The fourth-order valence-electron chi connectivity index (χ4n) is 2.47. The molecule has 1 fully saturated rings. The van der Waals surface area contributed by atoms with Gasteiger partial charge < -0.3 is 0 Å². The van der Waals surface area contributed by atoms with E-state index in [4.69, 9.17) is 0 Å². The first-order valence-corrected chi connectivity index (χ1v) is 7.94. The predicted octanol–water partition coefficient (Wildman–Crippen LogP) is 0.703. The van der Waals surface area contributed by atoms with Crippen molar-refractivity contribution in [2.75, 3.05) is 20.2 Å². The zero-order chi connectivity index (χ0) is 15.6. The molecular weight excluding hydrogens is 300 g/mol. The van der Waals surface area contributed by atoms with E-state index >= 15 is 0 Å². The molecule has 1 aromatic heterocycles. The van der Waals surface area contributed by atoms with Crippen molar-refractivity contribution < 1.29 is 17.5 Å². The fraction of sp³-hybridized carbons (Fsp3) is 0.727. The van der Waals surface area contributed by atoms with Gasteiger partial charge in [-0.2, -0.15) is 17.8 Å². The Hall–Kier alpha value is -1.52. The SMILES string of the molecule is COS(=O)(=O)N1CCC(Cn2ncc([N+](=O)[O-])c2C)CC1. The van der Waals surface area contributed by atoms with Gasteiger partial charge in [0, 0.05) is 19.6 Å². The maximum atomic E-state index is 11.6. The van der Waals surface area contributed by atoms with Crippen LogP contribution in [0.25, 0.3) is 0 Å². The topological polar surface area (TPSA) is 108 Å². The minimum absolute atomic E-state index is 0.00870. The molecule has 0 saturated carbocycles. The summed E-state index contributed by atoms with van der Waals surface area (Å²) in [6.45, 7) is 3.00. The van der Waals surface area contributed by atoms with E-state index in [-0.39, 0.29) is 11.6 Å². The van der Waals surface area contributed by atoms with Crippen LogP contribution in [0.1, 0.15) is 18.5 Å². The van der Waals surface area contributed by atoms with Crippen LogP contribution < -0.4 is 0 Å². The molecule has 1 aliphatic heterocycles. The molecule has 1 saturated heterocycles. The second kappa shape index (κ2) is 6.08. The largest absolute Gasteiger partial charge is 0.338 e. The Morgan fingerprint density at radius 2 is 2.10 bits per heavy atom. The average Bonchev–Trinajstić information content (AvgIpc) is 2.81. The average molecular weight is 318 g/mol. The van der Waals surface area contributed by atoms with Crippen molar-refractivity contribution in [3.63, 3.8) is 0 Å². The number of hydrogen-bond donors (Lipinski definition) is 0. The van der Waals surface area contributed by atoms with E-state index in [1.807, 2.05) is 0 Å². The molecule has 118 valence electrons. The predicted molar refractivity (Wildman–Crippen MR) is 73.8 cm³/mol. The van der Waals surface area contributed by atoms with Crippen LogP contribution in [0.2, 0.25) is 0 Å². The minimum Gasteiger partial charge on any atom is -0.262 e. The Labute approximate surface area is 122 Å². The highest BCUT2D eigenvalue weighted by Gasteiger charge is 2.29. The lowest BCUT2D eigenvalue weighted by molar-refractivity contribution is -0.385. The first kappa shape index (κ1) is 15.9. The Kier molecular flexibility index (Phi) is 4.59. The van der Waals surface area contributed by atoms with Crippen LogP contribution in [-0.2, 0) is 21.0 Å². The van der Waals surface area contributed by atoms with Crippen LogP contribution in [0.3, 0.4) is 0 Å². The number of aromatic nitrogens is 2. The van der Waals surface area contributed by atoms with Crippen molar-refractivity contribution in [2.45, 2.75) is 26.3 Å². The van der Waals surface area contributed by atoms with E-state index in [1.165, 1.54) is 10.5 Å². The fourth-order valence-corrected chi connectivity index (χ4v) is 3.33. The van der Waals surface area contributed by atoms with E-state index in [1.54, 1.807) is 11.6 Å². The van der Waals surface area contributed by atoms with Crippen LogP contribution in [0.4, 0.5) is 5.69 Å². The van der Waals surface area contributed by atoms with Gasteiger partial charge in [-0.1, -0.05) is 0 Å². The quantitative estimate of drug-likeness (QED) is 0.584. The molecule has 0 unspecified atom stereocenters. The molecular formula is C11H18N4O5S. The second-order valence-electron chi connectivity index (χ2n) is 5.02. The van der Waals surface area contributed by atoms with E-state index < -0.39 is 15.2 Å². The monoisotopic (exact) mass is 318 g/mol. The van der Waals surface area contributed by atoms with Crippen molar-refractivity contribution in [3.05, 3.63) is 22.0 Å². The summed E-state index contributed by atoms with van der Waals surface area (Å²) < 4.78 is 30.5. The van der Waals surface area contributed by atoms with Gasteiger partial charge in [-0.05, 0) is 25.7 Å². The number of nitrogens with zero attached hydrogens (tertiary/aromatic N) is 4. The number of piperidine rings is 1. The second-order valence-corrected chi connectivity index (χ2v) is 6.73. The van der Waals surface area contributed by atoms with Gasteiger partial charge in [-0.25, -0.2) is 0 Å². The summed E-state index contributed by atoms with van der Waals surface area (Å²) in [4.78, 5) is 10.3. The van der Waals surface area contributed by atoms with E-state index in [0.717, 1.165) is 7.11 Å². The molecule has 21 heavy (non-hydrogen) atoms. The molecule has 0 aromatic carbocycles. The molecule has 0 bridgehead atoms.